The summed E-state index contributed by atoms with van der Waals surface area (Å²) < 4.78 is 48.8. The number of nitrogens with zero attached hydrogens (tertiary/aromatic N) is 4. The van der Waals surface area contributed by atoms with Gasteiger partial charge in [-0.3, -0.25) is 9.11 Å². The maximum Gasteiger partial charge on any atom is 0.164 e. The summed E-state index contributed by atoms with van der Waals surface area (Å²) in [6.07, 6.45) is 2.11. The van der Waals surface area contributed by atoms with Gasteiger partial charge in [-0.15, -0.1) is 0 Å². The minimum atomic E-state index is -2.87. The van der Waals surface area contributed by atoms with Gasteiger partial charge in [-0.05, 0) is 30.9 Å². The molecular formula is C19H19ClF2N4O2S. The third kappa shape index (κ3) is 4.03. The van der Waals surface area contributed by atoms with E-state index in [1.807, 2.05) is 4.90 Å². The highest BCUT2D eigenvalue weighted by Gasteiger charge is 2.34. The Balaban J connectivity index is 1.76. The zero-order valence-corrected chi connectivity index (χ0v) is 17.0. The molecule has 154 valence electrons. The molecule has 0 aliphatic carbocycles. The molecule has 0 unspecified atom stereocenters. The van der Waals surface area contributed by atoms with E-state index in [0.717, 1.165) is 25.0 Å². The number of hydrogen-bond donors (Lipinski definition) is 2. The molecular weight excluding hydrogens is 422 g/mol. The first-order valence-corrected chi connectivity index (χ1v) is 11.4. The van der Waals surface area contributed by atoms with E-state index in [-0.39, 0.29) is 27.9 Å². The molecule has 0 radical (unpaired) electrons. The number of nitriles is 1. The molecule has 2 aliphatic heterocycles. The number of halogens is 3. The van der Waals surface area contributed by atoms with Gasteiger partial charge in [0.1, 0.15) is 17.5 Å². The van der Waals surface area contributed by atoms with Crippen molar-refractivity contribution in [3.8, 4) is 17.5 Å². The molecule has 3 heterocycles. The molecule has 1 aromatic carbocycles. The van der Waals surface area contributed by atoms with Crippen molar-refractivity contribution in [3.05, 3.63) is 40.0 Å². The van der Waals surface area contributed by atoms with Crippen molar-refractivity contribution in [2.24, 2.45) is 5.92 Å². The first-order chi connectivity index (χ1) is 13.8. The van der Waals surface area contributed by atoms with Crippen LogP contribution in [0.3, 0.4) is 0 Å². The fourth-order valence-electron chi connectivity index (χ4n) is 3.84. The van der Waals surface area contributed by atoms with Crippen LogP contribution in [0.25, 0.3) is 11.4 Å². The summed E-state index contributed by atoms with van der Waals surface area (Å²) in [7, 11) is -2.87. The second kappa shape index (κ2) is 7.69. The third-order valence-corrected chi connectivity index (χ3v) is 7.14. The number of benzene rings is 1. The lowest BCUT2D eigenvalue weighted by Gasteiger charge is -2.33. The normalized spacial score (nSPS) is 19.7. The van der Waals surface area contributed by atoms with E-state index in [9.17, 15) is 17.9 Å². The number of fused-ring (bicyclic) bond motifs is 1. The van der Waals surface area contributed by atoms with E-state index >= 15 is 0 Å². The monoisotopic (exact) mass is 440 g/mol. The maximum absolute atomic E-state index is 14.5. The summed E-state index contributed by atoms with van der Waals surface area (Å²) in [5, 5.41) is 8.57. The molecule has 2 N–H and O–H groups in total. The van der Waals surface area contributed by atoms with Gasteiger partial charge >= 0.3 is 0 Å². The Kier molecular flexibility index (Phi) is 5.38. The average molecular weight is 441 g/mol. The predicted molar refractivity (Wildman–Crippen MR) is 108 cm³/mol. The van der Waals surface area contributed by atoms with E-state index < -0.39 is 22.2 Å². The zero-order chi connectivity index (χ0) is 20.8. The Labute approximate surface area is 173 Å². The van der Waals surface area contributed by atoms with Crippen LogP contribution < -0.4 is 4.90 Å². The van der Waals surface area contributed by atoms with E-state index in [2.05, 4.69) is 16.0 Å². The van der Waals surface area contributed by atoms with Crippen LogP contribution in [-0.2, 0) is 11.5 Å². The van der Waals surface area contributed by atoms with Crippen molar-refractivity contribution in [1.29, 1.82) is 5.26 Å². The van der Waals surface area contributed by atoms with Crippen LogP contribution in [0.1, 0.15) is 30.5 Å². The minimum absolute atomic E-state index is 0.0111. The van der Waals surface area contributed by atoms with Gasteiger partial charge in [-0.1, -0.05) is 11.6 Å². The van der Waals surface area contributed by atoms with Crippen LogP contribution in [0.2, 0.25) is 5.02 Å². The van der Waals surface area contributed by atoms with Crippen LogP contribution in [0.15, 0.2) is 12.1 Å². The van der Waals surface area contributed by atoms with Gasteiger partial charge in [0.25, 0.3) is 0 Å². The second-order valence-electron chi connectivity index (χ2n) is 7.43. The molecule has 10 heteroatoms. The lowest BCUT2D eigenvalue weighted by molar-refractivity contribution is 0.410. The van der Waals surface area contributed by atoms with Crippen LogP contribution in [0.4, 0.5) is 14.6 Å². The minimum Gasteiger partial charge on any atom is -0.356 e. The Morgan fingerprint density at radius 3 is 2.59 bits per heavy atom. The predicted octanol–water partition coefficient (Wildman–Crippen LogP) is 4.97. The van der Waals surface area contributed by atoms with E-state index in [4.69, 9.17) is 16.9 Å². The summed E-state index contributed by atoms with van der Waals surface area (Å²) >= 11 is 5.65. The SMILES string of the molecule is N#CCC1CCN(c2nc(-c3cc(F)c(Cl)cc3F)nc3c2CS(O)(O)C3)CC1. The van der Waals surface area contributed by atoms with E-state index in [0.29, 0.717) is 42.5 Å². The van der Waals surface area contributed by atoms with Crippen molar-refractivity contribution in [2.75, 3.05) is 18.0 Å². The van der Waals surface area contributed by atoms with Crippen LogP contribution in [-0.4, -0.2) is 32.2 Å². The van der Waals surface area contributed by atoms with Gasteiger partial charge in [0.15, 0.2) is 5.82 Å². The fourth-order valence-corrected chi connectivity index (χ4v) is 5.53. The van der Waals surface area contributed by atoms with Crippen LogP contribution in [0, 0.1) is 28.9 Å². The molecule has 0 atom stereocenters. The molecule has 0 amide bonds. The smallest absolute Gasteiger partial charge is 0.164 e. The molecule has 0 spiro atoms. The van der Waals surface area contributed by atoms with Crippen molar-refractivity contribution in [1.82, 2.24) is 9.97 Å². The largest absolute Gasteiger partial charge is 0.356 e. The number of piperidine rings is 1. The second-order valence-corrected chi connectivity index (χ2v) is 10.0. The van der Waals surface area contributed by atoms with Gasteiger partial charge in [0.05, 0.1) is 33.9 Å². The van der Waals surface area contributed by atoms with Gasteiger partial charge in [-0.25, -0.2) is 18.7 Å². The number of hydrogen-bond acceptors (Lipinski definition) is 6. The van der Waals surface area contributed by atoms with Crippen molar-refractivity contribution >= 4 is 28.0 Å². The molecule has 0 bridgehead atoms. The summed E-state index contributed by atoms with van der Waals surface area (Å²) in [6.45, 7) is 1.29. The molecule has 1 aromatic heterocycles. The van der Waals surface area contributed by atoms with Gasteiger partial charge in [0, 0.05) is 25.1 Å². The third-order valence-electron chi connectivity index (χ3n) is 5.36. The lowest BCUT2D eigenvalue weighted by atomic mass is 9.94. The fraction of sp³-hybridized carbons (Fsp3) is 0.421. The summed E-state index contributed by atoms with van der Waals surface area (Å²) in [5.41, 5.74) is 0.958. The standard InChI is InChI=1S/C19H19ClF2N4O2S/c20-14-8-15(21)12(7-16(14)22)18-24-17-10-29(27,28)9-13(17)19(25-18)26-5-2-11(1-4-23)3-6-26/h7-8,11,27-28H,1-3,5-6,9-10H2. The van der Waals surface area contributed by atoms with E-state index in [1.54, 1.807) is 0 Å². The molecule has 2 aromatic rings. The van der Waals surface area contributed by atoms with Gasteiger partial charge in [-0.2, -0.15) is 15.9 Å². The Morgan fingerprint density at radius 2 is 1.90 bits per heavy atom. The number of rotatable bonds is 3. The molecule has 4 rings (SSSR count). The first-order valence-electron chi connectivity index (χ1n) is 9.17. The Morgan fingerprint density at radius 1 is 1.17 bits per heavy atom. The Hall–Kier alpha value is -1.99. The van der Waals surface area contributed by atoms with Crippen molar-refractivity contribution in [2.45, 2.75) is 30.8 Å². The maximum atomic E-state index is 14.5. The molecule has 6 nitrogen and oxygen atoms in total. The van der Waals surface area contributed by atoms with Gasteiger partial charge < -0.3 is 4.90 Å². The van der Waals surface area contributed by atoms with Crippen molar-refractivity contribution < 1.29 is 17.9 Å². The molecule has 2 aliphatic rings. The highest BCUT2D eigenvalue weighted by Crippen LogP contribution is 2.54. The molecule has 1 saturated heterocycles. The average Bonchev–Trinajstić information content (AvgIpc) is 2.98. The van der Waals surface area contributed by atoms with E-state index in [1.165, 1.54) is 0 Å². The first kappa shape index (κ1) is 20.3. The summed E-state index contributed by atoms with van der Waals surface area (Å²) in [5.74, 6) is -0.694. The van der Waals surface area contributed by atoms with Gasteiger partial charge in [0.2, 0.25) is 0 Å². The molecule has 1 fully saturated rings. The highest BCUT2D eigenvalue weighted by molar-refractivity contribution is 8.23. The summed E-state index contributed by atoms with van der Waals surface area (Å²) in [4.78, 5) is 10.8. The number of aromatic nitrogens is 2. The molecule has 29 heavy (non-hydrogen) atoms. The van der Waals surface area contributed by atoms with Crippen LogP contribution in [0.5, 0.6) is 0 Å². The van der Waals surface area contributed by atoms with Crippen molar-refractivity contribution in [3.63, 3.8) is 0 Å². The Bertz CT molecular complexity index is 1010. The topological polar surface area (TPSA) is 93.3 Å². The lowest BCUT2D eigenvalue weighted by Crippen LogP contribution is -2.35. The zero-order valence-electron chi connectivity index (χ0n) is 15.4. The number of anilines is 1. The highest BCUT2D eigenvalue weighted by atomic mass is 35.5. The summed E-state index contributed by atoms with van der Waals surface area (Å²) in [6, 6.07) is 4.03. The quantitative estimate of drug-likeness (QED) is 0.654. The molecule has 0 saturated carbocycles. The van der Waals surface area contributed by atoms with Crippen LogP contribution >= 0.6 is 22.2 Å².